The van der Waals surface area contributed by atoms with Crippen molar-refractivity contribution in [3.63, 3.8) is 0 Å². The van der Waals surface area contributed by atoms with E-state index in [4.69, 9.17) is 27.1 Å². The van der Waals surface area contributed by atoms with Gasteiger partial charge in [-0.15, -0.1) is 0 Å². The Morgan fingerprint density at radius 2 is 1.79 bits per heavy atom. The molecule has 0 aliphatic heterocycles. The number of hydrogen-bond donors (Lipinski definition) is 2. The molecule has 1 aliphatic rings. The van der Waals surface area contributed by atoms with Gasteiger partial charge >= 0.3 is 6.61 Å². The number of aromatic amines is 1. The van der Waals surface area contributed by atoms with Gasteiger partial charge in [-0.25, -0.2) is 13.4 Å². The number of rotatable bonds is 12. The van der Waals surface area contributed by atoms with Crippen molar-refractivity contribution >= 4 is 32.5 Å². The number of benzene rings is 3. The first-order valence-electron chi connectivity index (χ1n) is 13.0. The minimum Gasteiger partial charge on any atom is -0.434 e. The average Bonchev–Trinajstić information content (AvgIpc) is 3.62. The predicted molar refractivity (Wildman–Crippen MR) is 149 cm³/mol. The lowest BCUT2D eigenvalue weighted by molar-refractivity contribution is -0.0494. The van der Waals surface area contributed by atoms with Gasteiger partial charge in [0.25, 0.3) is 0 Å². The Hall–Kier alpha value is -3.01. The molecule has 39 heavy (non-hydrogen) atoms. The van der Waals surface area contributed by atoms with Crippen LogP contribution in [0.2, 0.25) is 5.02 Å². The Bertz CT molecular complexity index is 1550. The first kappa shape index (κ1) is 27.6. The maximum Gasteiger partial charge on any atom is 0.387 e. The second-order valence-corrected chi connectivity index (χ2v) is 12.4. The van der Waals surface area contributed by atoms with Crippen LogP contribution in [0, 0.1) is 5.92 Å². The summed E-state index contributed by atoms with van der Waals surface area (Å²) in [6.45, 7) is -2.39. The average molecular weight is 574 g/mol. The van der Waals surface area contributed by atoms with Crippen LogP contribution in [-0.4, -0.2) is 37.3 Å². The lowest BCUT2D eigenvalue weighted by Gasteiger charge is -2.16. The second-order valence-electron chi connectivity index (χ2n) is 9.98. The normalized spacial score (nSPS) is 14.7. The molecule has 4 aromatic rings. The molecule has 6 nitrogen and oxygen atoms in total. The number of H-pyrrole nitrogens is 1. The van der Waals surface area contributed by atoms with E-state index in [-0.39, 0.29) is 23.3 Å². The Kier molecular flexibility index (Phi) is 8.21. The number of nitrogens with zero attached hydrogens (tertiary/aromatic N) is 1. The van der Waals surface area contributed by atoms with E-state index in [0.29, 0.717) is 44.4 Å². The molecule has 0 spiro atoms. The summed E-state index contributed by atoms with van der Waals surface area (Å²) in [7, 11) is -3.30. The molecule has 0 radical (unpaired) electrons. The SMILES string of the molecule is NCCCCC(c1ccc(S(=O)(=O)CC2CC2)cc1)c1nc2cc(-c3ccccc3OC(F)F)c(Cl)cc2[nH]1. The highest BCUT2D eigenvalue weighted by molar-refractivity contribution is 7.91. The molecule has 10 heteroatoms. The third-order valence-corrected chi connectivity index (χ3v) is 9.27. The van der Waals surface area contributed by atoms with Gasteiger partial charge in [0, 0.05) is 17.0 Å². The molecule has 0 bridgehead atoms. The Labute approximate surface area is 231 Å². The van der Waals surface area contributed by atoms with E-state index in [1.54, 1.807) is 42.5 Å². The molecule has 0 amide bonds. The molecule has 1 aromatic heterocycles. The molecule has 3 aromatic carbocycles. The molecule has 1 aliphatic carbocycles. The first-order valence-corrected chi connectivity index (χ1v) is 15.0. The van der Waals surface area contributed by atoms with Crippen molar-refractivity contribution in [2.45, 2.75) is 49.5 Å². The van der Waals surface area contributed by atoms with Crippen LogP contribution in [-0.2, 0) is 9.84 Å². The number of alkyl halides is 2. The number of sulfone groups is 1. The zero-order valence-corrected chi connectivity index (χ0v) is 22.8. The van der Waals surface area contributed by atoms with Gasteiger partial charge in [-0.3, -0.25) is 0 Å². The van der Waals surface area contributed by atoms with Crippen LogP contribution in [0.5, 0.6) is 5.75 Å². The van der Waals surface area contributed by atoms with E-state index < -0.39 is 16.4 Å². The highest BCUT2D eigenvalue weighted by atomic mass is 35.5. The number of para-hydroxylation sites is 1. The molecular formula is C29H30ClF2N3O3S. The van der Waals surface area contributed by atoms with Crippen molar-refractivity contribution in [3.8, 4) is 16.9 Å². The zero-order chi connectivity index (χ0) is 27.6. The summed E-state index contributed by atoms with van der Waals surface area (Å²) < 4.78 is 56.1. The van der Waals surface area contributed by atoms with Gasteiger partial charge in [0.1, 0.15) is 11.6 Å². The van der Waals surface area contributed by atoms with Crippen molar-refractivity contribution in [2.75, 3.05) is 12.3 Å². The van der Waals surface area contributed by atoms with Gasteiger partial charge in [0.2, 0.25) is 0 Å². The van der Waals surface area contributed by atoms with E-state index in [2.05, 4.69) is 4.98 Å². The predicted octanol–water partition coefficient (Wildman–Crippen LogP) is 6.93. The molecule has 1 unspecified atom stereocenters. The topological polar surface area (TPSA) is 98.1 Å². The number of nitrogens with one attached hydrogen (secondary N) is 1. The van der Waals surface area contributed by atoms with Crippen LogP contribution in [0.3, 0.4) is 0 Å². The maximum absolute atomic E-state index is 13.0. The molecule has 1 atom stereocenters. The molecule has 206 valence electrons. The fraction of sp³-hybridized carbons (Fsp3) is 0.345. The van der Waals surface area contributed by atoms with E-state index in [1.165, 1.54) is 6.07 Å². The summed E-state index contributed by atoms with van der Waals surface area (Å²) in [5.74, 6) is 1.09. The fourth-order valence-electron chi connectivity index (χ4n) is 4.86. The summed E-state index contributed by atoms with van der Waals surface area (Å²) in [4.78, 5) is 8.56. The minimum atomic E-state index is -3.30. The van der Waals surface area contributed by atoms with Gasteiger partial charge in [0.15, 0.2) is 9.84 Å². The van der Waals surface area contributed by atoms with Crippen LogP contribution < -0.4 is 10.5 Å². The highest BCUT2D eigenvalue weighted by Gasteiger charge is 2.29. The van der Waals surface area contributed by atoms with Gasteiger partial charge in [0.05, 0.1) is 26.7 Å². The van der Waals surface area contributed by atoms with Gasteiger partial charge in [-0.1, -0.05) is 48.4 Å². The largest absolute Gasteiger partial charge is 0.434 e. The lowest BCUT2D eigenvalue weighted by Crippen LogP contribution is -2.09. The van der Waals surface area contributed by atoms with E-state index in [9.17, 15) is 17.2 Å². The van der Waals surface area contributed by atoms with Crippen LogP contribution in [0.15, 0.2) is 65.6 Å². The van der Waals surface area contributed by atoms with Crippen LogP contribution in [0.25, 0.3) is 22.2 Å². The quantitative estimate of drug-likeness (QED) is 0.179. The highest BCUT2D eigenvalue weighted by Crippen LogP contribution is 2.39. The summed E-state index contributed by atoms with van der Waals surface area (Å²) in [6, 6.07) is 17.1. The number of hydrogen-bond acceptors (Lipinski definition) is 5. The number of imidazole rings is 1. The first-order chi connectivity index (χ1) is 18.7. The summed E-state index contributed by atoms with van der Waals surface area (Å²) in [6.07, 6.45) is 4.43. The van der Waals surface area contributed by atoms with Crippen molar-refractivity contribution in [3.05, 3.63) is 77.1 Å². The Morgan fingerprint density at radius 1 is 1.05 bits per heavy atom. The van der Waals surface area contributed by atoms with Crippen LogP contribution in [0.4, 0.5) is 8.78 Å². The Balaban J connectivity index is 1.49. The van der Waals surface area contributed by atoms with Crippen molar-refractivity contribution in [2.24, 2.45) is 11.7 Å². The molecule has 1 fully saturated rings. The smallest absolute Gasteiger partial charge is 0.387 e. The van der Waals surface area contributed by atoms with Gasteiger partial charge < -0.3 is 15.5 Å². The molecule has 1 heterocycles. The Morgan fingerprint density at radius 3 is 2.49 bits per heavy atom. The number of nitrogens with two attached hydrogens (primary N) is 1. The molecule has 1 saturated carbocycles. The molecular weight excluding hydrogens is 544 g/mol. The molecule has 0 saturated heterocycles. The lowest BCUT2D eigenvalue weighted by atomic mass is 9.93. The van der Waals surface area contributed by atoms with Crippen LogP contribution in [0.1, 0.15) is 49.4 Å². The number of halogens is 3. The summed E-state index contributed by atoms with van der Waals surface area (Å²) in [5, 5.41) is 0.368. The van der Waals surface area contributed by atoms with Gasteiger partial charge in [-0.2, -0.15) is 8.78 Å². The molecule has 5 rings (SSSR count). The van der Waals surface area contributed by atoms with E-state index >= 15 is 0 Å². The number of aromatic nitrogens is 2. The fourth-order valence-corrected chi connectivity index (χ4v) is 6.82. The number of ether oxygens (including phenoxy) is 1. The number of unbranched alkanes of at least 4 members (excludes halogenated alkanes) is 1. The minimum absolute atomic E-state index is 0.0286. The molecule has 3 N–H and O–H groups in total. The third-order valence-electron chi connectivity index (χ3n) is 7.05. The van der Waals surface area contributed by atoms with Crippen molar-refractivity contribution < 1.29 is 21.9 Å². The number of fused-ring (bicyclic) bond motifs is 1. The zero-order valence-electron chi connectivity index (χ0n) is 21.2. The second kappa shape index (κ2) is 11.6. The van der Waals surface area contributed by atoms with E-state index in [0.717, 1.165) is 37.7 Å². The monoisotopic (exact) mass is 573 g/mol. The van der Waals surface area contributed by atoms with Crippen molar-refractivity contribution in [1.82, 2.24) is 9.97 Å². The maximum atomic E-state index is 13.0. The van der Waals surface area contributed by atoms with Crippen molar-refractivity contribution in [1.29, 1.82) is 0 Å². The van der Waals surface area contributed by atoms with Gasteiger partial charge in [-0.05, 0) is 74.0 Å². The summed E-state index contributed by atoms with van der Waals surface area (Å²) >= 11 is 6.59. The standard InChI is InChI=1S/C29H30ClF2N3O3S/c30-24-16-26-25(15-23(24)22-6-1-2-7-27(22)38-29(31)32)34-28(35-26)21(5-3-4-14-33)19-10-12-20(13-11-19)39(36,37)17-18-8-9-18/h1-2,6-7,10-13,15-16,18,21,29H,3-5,8-9,14,17,33H2,(H,34,35). The summed E-state index contributed by atoms with van der Waals surface area (Å²) in [5.41, 5.74) is 8.99. The third kappa shape index (κ3) is 6.42. The van der Waals surface area contributed by atoms with E-state index in [1.807, 2.05) is 12.1 Å². The van der Waals surface area contributed by atoms with Crippen LogP contribution >= 0.6 is 11.6 Å².